The topological polar surface area (TPSA) is 141 Å². The van der Waals surface area contributed by atoms with E-state index in [1.165, 1.54) is 16.7 Å². The number of hydrogen-bond donors (Lipinski definition) is 2. The van der Waals surface area contributed by atoms with E-state index >= 15 is 0 Å². The van der Waals surface area contributed by atoms with Crippen LogP contribution in [0.3, 0.4) is 0 Å². The highest BCUT2D eigenvalue weighted by Crippen LogP contribution is 2.41. The Morgan fingerprint density at radius 2 is 0.831 bits per heavy atom. The summed E-state index contributed by atoms with van der Waals surface area (Å²) in [6, 6.07) is 46.5. The van der Waals surface area contributed by atoms with Gasteiger partial charge in [0.15, 0.2) is 0 Å². The van der Waals surface area contributed by atoms with Crippen LogP contribution in [0.4, 0.5) is 0 Å². The van der Waals surface area contributed by atoms with E-state index in [2.05, 4.69) is 109 Å². The molecule has 0 amide bonds. The average molecular weight is 1220 g/mol. The molecule has 0 spiro atoms. The van der Waals surface area contributed by atoms with Crippen molar-refractivity contribution >= 4 is 5.97 Å². The summed E-state index contributed by atoms with van der Waals surface area (Å²) in [5.41, 5.74) is 13.1. The maximum atomic E-state index is 12.4. The van der Waals surface area contributed by atoms with Gasteiger partial charge in [-0.15, -0.1) is 0 Å². The summed E-state index contributed by atoms with van der Waals surface area (Å²) in [6.07, 6.45) is 2.85. The lowest BCUT2D eigenvalue weighted by atomic mass is 9.94. The van der Waals surface area contributed by atoms with Gasteiger partial charge in [0.05, 0.1) is 43.2 Å². The van der Waals surface area contributed by atoms with Crippen molar-refractivity contribution in [2.24, 2.45) is 0 Å². The van der Waals surface area contributed by atoms with E-state index in [9.17, 15) is 15.0 Å². The number of benzene rings is 7. The molecular weight excluding hydrogens is 1120 g/mol. The second-order valence-electron chi connectivity index (χ2n) is 23.8. The Hall–Kier alpha value is -7.03. The van der Waals surface area contributed by atoms with Gasteiger partial charge in [0, 0.05) is 61.8 Å². The lowest BCUT2D eigenvalue weighted by molar-refractivity contribution is 0.0460. The number of rotatable bonds is 29. The average Bonchev–Trinajstić information content (AvgIpc) is 2.26. The first-order chi connectivity index (χ1) is 42.6. The van der Waals surface area contributed by atoms with Crippen molar-refractivity contribution < 1.29 is 57.6 Å². The molecule has 0 aliphatic heterocycles. The van der Waals surface area contributed by atoms with Crippen LogP contribution < -0.4 is 23.7 Å². The Morgan fingerprint density at radius 1 is 0.449 bits per heavy atom. The van der Waals surface area contributed by atoms with E-state index in [0.717, 1.165) is 86.8 Å². The van der Waals surface area contributed by atoms with Crippen molar-refractivity contribution in [3.05, 3.63) is 206 Å². The van der Waals surface area contributed by atoms with Crippen LogP contribution in [0.15, 0.2) is 140 Å². The molecule has 0 saturated heterocycles. The minimum atomic E-state index is -0.510. The molecule has 12 heteroatoms. The first kappa shape index (κ1) is 72.7. The molecule has 12 nitrogen and oxygen atoms in total. The Labute approximate surface area is 532 Å². The zero-order valence-corrected chi connectivity index (χ0v) is 56.5. The standard InChI is InChI=1S/C30H38O4.C27H40O4.C20H24O4/c1-7-21(2)24-13-15-27(16-14-24)33-17-18-34-30-28(22(3)31-5)19-26(20-29(30)23(4)32-6)25-11-9-8-10-12-25;1-10-19(3)22-11-13-23(14-12-22)31-27(6,7)17-30-26-24(20(4)28-8)15-18(2)16-25(26)21(5)29-9;1-4-14(3)15-5-7-16(8-6-15)20(23)24-19-17(11-21)9-13(2)10-18(19)12-22/h8-16,19-23H,7,17-18H2,1-6H3;11-16,19-21H,10,17H2,1-9H3;5-10,14,21-22H,4,11-12H2,1-3H3. The number of hydrogen-bond acceptors (Lipinski definition) is 12. The second-order valence-corrected chi connectivity index (χ2v) is 23.8. The van der Waals surface area contributed by atoms with Crippen LogP contribution in [-0.4, -0.2) is 70.0 Å². The zero-order valence-electron chi connectivity index (χ0n) is 56.5. The lowest BCUT2D eigenvalue weighted by Crippen LogP contribution is -2.36. The largest absolute Gasteiger partial charge is 0.490 e. The van der Waals surface area contributed by atoms with E-state index < -0.39 is 11.6 Å². The molecule has 482 valence electrons. The molecule has 7 atom stereocenters. The summed E-state index contributed by atoms with van der Waals surface area (Å²) in [4.78, 5) is 12.4. The van der Waals surface area contributed by atoms with Gasteiger partial charge < -0.3 is 52.8 Å². The molecule has 0 bridgehead atoms. The third-order valence-corrected chi connectivity index (χ3v) is 16.6. The van der Waals surface area contributed by atoms with Crippen LogP contribution in [-0.2, 0) is 32.2 Å². The van der Waals surface area contributed by atoms with E-state index in [4.69, 9.17) is 42.6 Å². The third kappa shape index (κ3) is 21.0. The molecule has 0 aliphatic carbocycles. The predicted molar refractivity (Wildman–Crippen MR) is 359 cm³/mol. The molecule has 0 aliphatic rings. The highest BCUT2D eigenvalue weighted by Gasteiger charge is 2.27. The number of carbonyl (C=O) groups is 1. The minimum Gasteiger partial charge on any atom is -0.490 e. The normalized spacial score (nSPS) is 13.7. The van der Waals surface area contributed by atoms with Crippen LogP contribution in [0, 0.1) is 13.8 Å². The Balaban J connectivity index is 0.000000247. The number of ether oxygens (including phenoxy) is 9. The number of aliphatic hydroxyl groups is 2. The van der Waals surface area contributed by atoms with Crippen LogP contribution in [0.25, 0.3) is 11.1 Å². The van der Waals surface area contributed by atoms with E-state index in [1.807, 2.05) is 103 Å². The smallest absolute Gasteiger partial charge is 0.343 e. The molecular formula is C77H102O12. The fourth-order valence-electron chi connectivity index (χ4n) is 10.1. The first-order valence-electron chi connectivity index (χ1n) is 31.5. The zero-order chi connectivity index (χ0) is 65.4. The number of aliphatic hydroxyl groups excluding tert-OH is 2. The van der Waals surface area contributed by atoms with Crippen molar-refractivity contribution in [3.63, 3.8) is 0 Å². The summed E-state index contributed by atoms with van der Waals surface area (Å²) in [7, 11) is 6.86. The Kier molecular flexibility index (Phi) is 29.4. The summed E-state index contributed by atoms with van der Waals surface area (Å²) in [5, 5.41) is 19.0. The van der Waals surface area contributed by atoms with Crippen LogP contribution in [0.5, 0.6) is 28.7 Å². The Morgan fingerprint density at radius 3 is 1.25 bits per heavy atom. The van der Waals surface area contributed by atoms with Crippen molar-refractivity contribution in [3.8, 4) is 39.9 Å². The SMILES string of the molecule is CCC(C)c1ccc(C(=O)Oc2c(CO)cc(C)cc2CO)cc1.CCC(C)c1ccc(OC(C)(C)COc2c(C(C)OC)cc(C)cc2C(C)OC)cc1.CCC(C)c1ccc(OCCOc2c(C(C)OC)cc(-c3ccccc3)cc2C(C)OC)cc1. The van der Waals surface area contributed by atoms with Gasteiger partial charge in [0.1, 0.15) is 54.2 Å². The number of aryl methyl sites for hydroxylation is 2. The molecule has 0 fully saturated rings. The van der Waals surface area contributed by atoms with Gasteiger partial charge in [-0.25, -0.2) is 4.79 Å². The van der Waals surface area contributed by atoms with E-state index in [-0.39, 0.29) is 43.4 Å². The van der Waals surface area contributed by atoms with Crippen molar-refractivity contribution in [2.75, 3.05) is 48.3 Å². The summed E-state index contributed by atoms with van der Waals surface area (Å²) in [6.45, 7) is 30.1. The molecule has 89 heavy (non-hydrogen) atoms. The number of methoxy groups -OCH3 is 4. The second kappa shape index (κ2) is 36.0. The first-order valence-corrected chi connectivity index (χ1v) is 31.5. The fourth-order valence-corrected chi connectivity index (χ4v) is 10.1. The molecule has 7 rings (SSSR count). The quantitative estimate of drug-likeness (QED) is 0.0262. The monoisotopic (exact) mass is 1220 g/mol. The molecule has 0 saturated carbocycles. The predicted octanol–water partition coefficient (Wildman–Crippen LogP) is 18.6. The molecule has 7 unspecified atom stereocenters. The fraction of sp³-hybridized carbons (Fsp3) is 0.442. The molecule has 0 heterocycles. The Bertz CT molecular complexity index is 3140. The minimum absolute atomic E-state index is 0.0881. The van der Waals surface area contributed by atoms with Crippen molar-refractivity contribution in [1.82, 2.24) is 0 Å². The molecule has 0 aromatic heterocycles. The summed E-state index contributed by atoms with van der Waals surface area (Å²) < 4.78 is 53.1. The van der Waals surface area contributed by atoms with Crippen LogP contribution in [0.1, 0.15) is 216 Å². The maximum absolute atomic E-state index is 12.4. The lowest BCUT2D eigenvalue weighted by Gasteiger charge is -2.29. The van der Waals surface area contributed by atoms with Gasteiger partial charge in [-0.1, -0.05) is 132 Å². The van der Waals surface area contributed by atoms with Gasteiger partial charge >= 0.3 is 5.97 Å². The maximum Gasteiger partial charge on any atom is 0.343 e. The van der Waals surface area contributed by atoms with Gasteiger partial charge in [-0.2, -0.15) is 0 Å². The van der Waals surface area contributed by atoms with Crippen molar-refractivity contribution in [1.29, 1.82) is 0 Å². The highest BCUT2D eigenvalue weighted by atomic mass is 16.6. The molecule has 2 N–H and O–H groups in total. The number of esters is 1. The van der Waals surface area contributed by atoms with Gasteiger partial charge in [-0.05, 0) is 181 Å². The van der Waals surface area contributed by atoms with Gasteiger partial charge in [0.2, 0.25) is 0 Å². The van der Waals surface area contributed by atoms with E-state index in [0.29, 0.717) is 54.3 Å². The molecule has 0 radical (unpaired) electrons. The van der Waals surface area contributed by atoms with Crippen molar-refractivity contribution in [2.45, 2.75) is 177 Å². The molecule has 7 aromatic carbocycles. The number of carbonyl (C=O) groups excluding carboxylic acids is 1. The van der Waals surface area contributed by atoms with E-state index in [1.54, 1.807) is 52.7 Å². The third-order valence-electron chi connectivity index (χ3n) is 16.6. The molecule has 7 aromatic rings. The van der Waals surface area contributed by atoms with Gasteiger partial charge in [0.25, 0.3) is 0 Å². The van der Waals surface area contributed by atoms with Crippen LogP contribution in [0.2, 0.25) is 0 Å². The summed E-state index contributed by atoms with van der Waals surface area (Å²) in [5.74, 6) is 4.60. The van der Waals surface area contributed by atoms with Gasteiger partial charge in [-0.3, -0.25) is 0 Å². The highest BCUT2D eigenvalue weighted by molar-refractivity contribution is 5.91. The van der Waals surface area contributed by atoms with Crippen LogP contribution >= 0.6 is 0 Å². The summed E-state index contributed by atoms with van der Waals surface area (Å²) >= 11 is 0.